The molecular formula is C13H14BrNO3. The summed E-state index contributed by atoms with van der Waals surface area (Å²) in [6.07, 6.45) is 2.55. The van der Waals surface area contributed by atoms with Gasteiger partial charge in [-0.3, -0.25) is 4.90 Å². The van der Waals surface area contributed by atoms with Crippen molar-refractivity contribution in [1.82, 2.24) is 0 Å². The molecule has 0 fully saturated rings. The molecule has 1 aliphatic heterocycles. The Morgan fingerprint density at radius 1 is 1.61 bits per heavy atom. The van der Waals surface area contributed by atoms with E-state index in [0.29, 0.717) is 6.54 Å². The molecular weight excluding hydrogens is 298 g/mol. The topological polar surface area (TPSA) is 49.8 Å². The van der Waals surface area contributed by atoms with Gasteiger partial charge in [0, 0.05) is 16.4 Å². The van der Waals surface area contributed by atoms with Crippen LogP contribution in [0.15, 0.2) is 35.0 Å². The number of carboxylic acid groups (broad SMARTS) is 1. The number of benzene rings is 1. The molecule has 1 aromatic carbocycles. The second kappa shape index (κ2) is 4.65. The Morgan fingerprint density at radius 2 is 2.33 bits per heavy atom. The van der Waals surface area contributed by atoms with E-state index in [1.807, 2.05) is 31.2 Å². The van der Waals surface area contributed by atoms with E-state index in [9.17, 15) is 9.90 Å². The van der Waals surface area contributed by atoms with E-state index >= 15 is 0 Å². The molecule has 2 rings (SSSR count). The summed E-state index contributed by atoms with van der Waals surface area (Å²) in [5.74, 6) is 0. The molecule has 1 unspecified atom stereocenters. The molecule has 4 nitrogen and oxygen atoms in total. The highest BCUT2D eigenvalue weighted by molar-refractivity contribution is 9.10. The number of carbonyl (C=O) groups is 1. The number of fused-ring (bicyclic) bond motifs is 1. The molecule has 1 aliphatic rings. The van der Waals surface area contributed by atoms with Crippen molar-refractivity contribution < 1.29 is 14.6 Å². The number of halogens is 1. The number of nitrogens with zero attached hydrogens (tertiary/aromatic N) is 1. The fraction of sp³-hybridized carbons (Fsp3) is 0.308. The Kier molecular flexibility index (Phi) is 3.34. The van der Waals surface area contributed by atoms with Crippen molar-refractivity contribution in [3.8, 4) is 0 Å². The van der Waals surface area contributed by atoms with Gasteiger partial charge in [0.2, 0.25) is 0 Å². The zero-order chi connectivity index (χ0) is 13.3. The molecule has 1 heterocycles. The highest BCUT2D eigenvalue weighted by atomic mass is 79.9. The predicted molar refractivity (Wildman–Crippen MR) is 73.0 cm³/mol. The van der Waals surface area contributed by atoms with Crippen LogP contribution in [0, 0.1) is 0 Å². The molecule has 0 bridgehead atoms. The molecule has 96 valence electrons. The first kappa shape index (κ1) is 13.0. The number of hydrogen-bond donors (Lipinski definition) is 1. The van der Waals surface area contributed by atoms with E-state index < -0.39 is 6.09 Å². The average molecular weight is 312 g/mol. The fourth-order valence-electron chi connectivity index (χ4n) is 2.24. The maximum atomic E-state index is 11.3. The minimum atomic E-state index is -0.941. The van der Waals surface area contributed by atoms with Crippen molar-refractivity contribution in [3.63, 3.8) is 0 Å². The molecule has 5 heteroatoms. The molecule has 0 saturated heterocycles. The lowest BCUT2D eigenvalue weighted by atomic mass is 9.85. The first-order valence-corrected chi connectivity index (χ1v) is 6.28. The maximum absolute atomic E-state index is 11.3. The zero-order valence-corrected chi connectivity index (χ0v) is 11.8. The molecule has 1 aromatic rings. The smallest absolute Gasteiger partial charge is 0.411 e. The van der Waals surface area contributed by atoms with Gasteiger partial charge in [-0.25, -0.2) is 4.79 Å². The molecule has 1 N–H and O–H groups in total. The van der Waals surface area contributed by atoms with Crippen LogP contribution in [0.5, 0.6) is 0 Å². The largest absolute Gasteiger partial charge is 0.505 e. The Labute approximate surface area is 114 Å². The van der Waals surface area contributed by atoms with E-state index in [4.69, 9.17) is 4.74 Å². The molecule has 0 aliphatic carbocycles. The number of hydrogen-bond acceptors (Lipinski definition) is 2. The lowest BCUT2D eigenvalue weighted by Crippen LogP contribution is -2.33. The zero-order valence-electron chi connectivity index (χ0n) is 10.2. The van der Waals surface area contributed by atoms with E-state index in [1.54, 1.807) is 13.4 Å². The minimum absolute atomic E-state index is 0.357. The van der Waals surface area contributed by atoms with E-state index in [1.165, 1.54) is 4.90 Å². The second-order valence-electron chi connectivity index (χ2n) is 4.49. The van der Waals surface area contributed by atoms with Gasteiger partial charge in [-0.2, -0.15) is 0 Å². The van der Waals surface area contributed by atoms with Gasteiger partial charge >= 0.3 is 6.09 Å². The summed E-state index contributed by atoms with van der Waals surface area (Å²) in [6, 6.07) is 5.70. The first-order valence-electron chi connectivity index (χ1n) is 5.49. The molecule has 0 radical (unpaired) electrons. The number of amides is 1. The van der Waals surface area contributed by atoms with Gasteiger partial charge in [0.25, 0.3) is 0 Å². The van der Waals surface area contributed by atoms with Crippen molar-refractivity contribution in [2.24, 2.45) is 0 Å². The van der Waals surface area contributed by atoms with Crippen LogP contribution in [0.1, 0.15) is 12.5 Å². The molecule has 0 spiro atoms. The third-order valence-electron chi connectivity index (χ3n) is 3.16. The van der Waals surface area contributed by atoms with Crippen molar-refractivity contribution in [3.05, 3.63) is 40.6 Å². The highest BCUT2D eigenvalue weighted by Crippen LogP contribution is 2.42. The van der Waals surface area contributed by atoms with Gasteiger partial charge in [0.05, 0.1) is 19.1 Å². The average Bonchev–Trinajstić information content (AvgIpc) is 2.61. The summed E-state index contributed by atoms with van der Waals surface area (Å²) in [5.41, 5.74) is 1.35. The summed E-state index contributed by atoms with van der Waals surface area (Å²) in [6.45, 7) is 2.40. The standard InChI is InChI=1S/C13H14BrNO3/c1-13(5-6-18-2)8-15(12(16)17)11-7-9(14)3-4-10(11)13/h3-7H,8H2,1-2H3,(H,16,17)/b6-5+. The third kappa shape index (κ3) is 2.10. The Hall–Kier alpha value is -1.49. The van der Waals surface area contributed by atoms with Crippen molar-refractivity contribution in [2.45, 2.75) is 12.3 Å². The number of rotatable bonds is 2. The van der Waals surface area contributed by atoms with Gasteiger partial charge in [-0.15, -0.1) is 0 Å². The van der Waals surface area contributed by atoms with Crippen LogP contribution in [0.25, 0.3) is 0 Å². The molecule has 1 atom stereocenters. The van der Waals surface area contributed by atoms with Gasteiger partial charge in [-0.05, 0) is 23.8 Å². The lowest BCUT2D eigenvalue weighted by Gasteiger charge is -2.20. The third-order valence-corrected chi connectivity index (χ3v) is 3.65. The first-order chi connectivity index (χ1) is 8.48. The van der Waals surface area contributed by atoms with E-state index in [0.717, 1.165) is 15.7 Å². The molecule has 18 heavy (non-hydrogen) atoms. The van der Waals surface area contributed by atoms with E-state index in [-0.39, 0.29) is 5.41 Å². The summed E-state index contributed by atoms with van der Waals surface area (Å²) in [5, 5.41) is 9.26. The Bertz CT molecular complexity index is 515. The van der Waals surface area contributed by atoms with Gasteiger partial charge in [0.1, 0.15) is 0 Å². The van der Waals surface area contributed by atoms with Crippen LogP contribution in [-0.4, -0.2) is 24.9 Å². The lowest BCUT2D eigenvalue weighted by molar-refractivity contribution is 0.201. The fourth-order valence-corrected chi connectivity index (χ4v) is 2.59. The summed E-state index contributed by atoms with van der Waals surface area (Å²) in [4.78, 5) is 12.7. The Balaban J connectivity index is 2.52. The summed E-state index contributed by atoms with van der Waals surface area (Å²) < 4.78 is 5.82. The predicted octanol–water partition coefficient (Wildman–Crippen LogP) is 3.36. The van der Waals surface area contributed by atoms with Crippen LogP contribution in [0.4, 0.5) is 10.5 Å². The van der Waals surface area contributed by atoms with Crippen LogP contribution in [0.2, 0.25) is 0 Å². The van der Waals surface area contributed by atoms with Crippen LogP contribution in [-0.2, 0) is 10.2 Å². The normalized spacial score (nSPS) is 22.3. The van der Waals surface area contributed by atoms with Crippen LogP contribution >= 0.6 is 15.9 Å². The van der Waals surface area contributed by atoms with Gasteiger partial charge in [0.15, 0.2) is 0 Å². The summed E-state index contributed by atoms with van der Waals surface area (Å²) in [7, 11) is 1.58. The number of methoxy groups -OCH3 is 1. The van der Waals surface area contributed by atoms with Crippen molar-refractivity contribution in [1.29, 1.82) is 0 Å². The number of ether oxygens (including phenoxy) is 1. The van der Waals surface area contributed by atoms with Crippen molar-refractivity contribution in [2.75, 3.05) is 18.6 Å². The molecule has 0 aromatic heterocycles. The molecule has 1 amide bonds. The minimum Gasteiger partial charge on any atom is -0.505 e. The maximum Gasteiger partial charge on any atom is 0.411 e. The molecule has 0 saturated carbocycles. The number of anilines is 1. The van der Waals surface area contributed by atoms with Crippen molar-refractivity contribution >= 4 is 27.7 Å². The van der Waals surface area contributed by atoms with Crippen LogP contribution < -0.4 is 4.90 Å². The highest BCUT2D eigenvalue weighted by Gasteiger charge is 2.39. The SMILES string of the molecule is CO/C=C/C1(C)CN(C(=O)O)c2cc(Br)ccc21. The van der Waals surface area contributed by atoms with Gasteiger partial charge < -0.3 is 9.84 Å². The summed E-state index contributed by atoms with van der Waals surface area (Å²) >= 11 is 3.37. The Morgan fingerprint density at radius 3 is 2.94 bits per heavy atom. The van der Waals surface area contributed by atoms with Crippen LogP contribution in [0.3, 0.4) is 0 Å². The second-order valence-corrected chi connectivity index (χ2v) is 5.40. The monoisotopic (exact) mass is 311 g/mol. The quantitative estimate of drug-likeness (QED) is 0.852. The van der Waals surface area contributed by atoms with E-state index in [2.05, 4.69) is 15.9 Å². The van der Waals surface area contributed by atoms with Gasteiger partial charge in [-0.1, -0.05) is 28.9 Å².